The molecule has 0 atom stereocenters. The molecular weight excluding hydrogens is 965 g/mol. The van der Waals surface area contributed by atoms with Gasteiger partial charge in [0.1, 0.15) is 64.1 Å². The highest BCUT2D eigenvalue weighted by Crippen LogP contribution is 2.30. The van der Waals surface area contributed by atoms with Crippen LogP contribution in [0.25, 0.3) is 0 Å². The third kappa shape index (κ3) is 38.1. The molecule has 0 aromatic heterocycles. The molecule has 2 aromatic rings. The first-order chi connectivity index (χ1) is 37.2. The van der Waals surface area contributed by atoms with E-state index < -0.39 is 37.0 Å². The number of carbonyl (C=O) groups is 4. The zero-order chi connectivity index (χ0) is 54.8. The molecule has 434 valence electrons. The quantitative estimate of drug-likeness (QED) is 0.0474. The number of para-hydroxylation sites is 4. The van der Waals surface area contributed by atoms with E-state index in [-0.39, 0.29) is 52.7 Å². The number of rotatable bonds is 55. The van der Waals surface area contributed by atoms with Crippen LogP contribution < -0.4 is 19.3 Å². The first-order valence-electron chi connectivity index (χ1n) is 30.1. The summed E-state index contributed by atoms with van der Waals surface area (Å²) in [7, 11) is 0. The largest absolute Gasteiger partial charge is 0.488 e. The summed E-state index contributed by atoms with van der Waals surface area (Å²) in [6.07, 6.45) is 41.8. The summed E-state index contributed by atoms with van der Waals surface area (Å²) in [5, 5.41) is 19.4. The first-order valence-corrected chi connectivity index (χ1v) is 30.1. The predicted molar refractivity (Wildman–Crippen MR) is 306 cm³/mol. The van der Waals surface area contributed by atoms with Crippen molar-refractivity contribution in [2.75, 3.05) is 88.8 Å². The van der Waals surface area contributed by atoms with Crippen molar-refractivity contribution in [2.45, 2.75) is 219 Å². The van der Waals surface area contributed by atoms with Gasteiger partial charge in [-0.1, -0.05) is 231 Å². The maximum atomic E-state index is 12.9. The predicted octanol–water partition coefficient (Wildman–Crippen LogP) is 14.6. The van der Waals surface area contributed by atoms with Gasteiger partial charge in [-0.2, -0.15) is 0 Å². The lowest BCUT2D eigenvalue weighted by atomic mass is 10.0. The number of nitrogens with zero attached hydrogens (tertiary/aromatic N) is 2. The van der Waals surface area contributed by atoms with Crippen LogP contribution in [0.1, 0.15) is 219 Å². The van der Waals surface area contributed by atoms with E-state index in [1.165, 1.54) is 190 Å². The summed E-state index contributed by atoms with van der Waals surface area (Å²) < 4.78 is 34.3. The molecule has 0 spiro atoms. The fraction of sp³-hybridized carbons (Fsp3) is 0.742. The van der Waals surface area contributed by atoms with Gasteiger partial charge in [-0.15, -0.1) is 0 Å². The monoisotopic (exact) mass is 1070 g/mol. The van der Waals surface area contributed by atoms with Gasteiger partial charge in [0.25, 0.3) is 0 Å². The molecule has 0 radical (unpaired) electrons. The third-order valence-electron chi connectivity index (χ3n) is 13.6. The maximum Gasteiger partial charge on any atom is 0.325 e. The average Bonchev–Trinajstić information content (AvgIpc) is 3.41. The maximum absolute atomic E-state index is 12.9. The summed E-state index contributed by atoms with van der Waals surface area (Å²) in [6.45, 7) is 4.87. The Labute approximate surface area is 459 Å². The van der Waals surface area contributed by atoms with Crippen LogP contribution in [-0.4, -0.2) is 113 Å². The fourth-order valence-electron chi connectivity index (χ4n) is 9.30. The van der Waals surface area contributed by atoms with E-state index in [9.17, 15) is 29.4 Å². The molecule has 76 heavy (non-hydrogen) atoms. The van der Waals surface area contributed by atoms with E-state index in [1.54, 1.807) is 48.5 Å². The second-order valence-corrected chi connectivity index (χ2v) is 20.4. The summed E-state index contributed by atoms with van der Waals surface area (Å²) in [4.78, 5) is 52.3. The lowest BCUT2D eigenvalue weighted by Crippen LogP contribution is -2.36. The first kappa shape index (κ1) is 67.5. The van der Waals surface area contributed by atoms with Crippen LogP contribution in [0, 0.1) is 0 Å². The topological polar surface area (TPSA) is 171 Å². The molecule has 14 heteroatoms. The van der Waals surface area contributed by atoms with E-state index in [0.717, 1.165) is 25.7 Å². The molecule has 0 aliphatic heterocycles. The average molecular weight is 1070 g/mol. The Bertz CT molecular complexity index is 1610. The molecule has 2 aromatic carbocycles. The Morgan fingerprint density at radius 3 is 0.908 bits per heavy atom. The Morgan fingerprint density at radius 1 is 0.342 bits per heavy atom. The van der Waals surface area contributed by atoms with Crippen LogP contribution in [0.3, 0.4) is 0 Å². The second kappa shape index (κ2) is 48.8. The fourth-order valence-corrected chi connectivity index (χ4v) is 9.30. The summed E-state index contributed by atoms with van der Waals surface area (Å²) in [5.74, 6) is -2.78. The number of anilines is 2. The van der Waals surface area contributed by atoms with Gasteiger partial charge in [0.2, 0.25) is 0 Å². The van der Waals surface area contributed by atoms with Gasteiger partial charge in [0, 0.05) is 13.2 Å². The van der Waals surface area contributed by atoms with Crippen LogP contribution in [0.4, 0.5) is 11.4 Å². The Balaban J connectivity index is 1.65. The van der Waals surface area contributed by atoms with Crippen molar-refractivity contribution in [1.82, 2.24) is 0 Å². The molecule has 0 bridgehead atoms. The van der Waals surface area contributed by atoms with Crippen LogP contribution >= 0.6 is 0 Å². The van der Waals surface area contributed by atoms with Gasteiger partial charge < -0.3 is 48.4 Å². The van der Waals surface area contributed by atoms with Crippen molar-refractivity contribution in [3.63, 3.8) is 0 Å². The number of ether oxygens (including phenoxy) is 6. The zero-order valence-electron chi connectivity index (χ0n) is 47.6. The Morgan fingerprint density at radius 2 is 0.618 bits per heavy atom. The molecule has 2 N–H and O–H groups in total. The number of hydrogen-bond donors (Lipinski definition) is 2. The van der Waals surface area contributed by atoms with Crippen molar-refractivity contribution in [1.29, 1.82) is 0 Å². The van der Waals surface area contributed by atoms with Crippen molar-refractivity contribution in [2.24, 2.45) is 0 Å². The Kier molecular flexibility index (Phi) is 43.4. The molecule has 0 heterocycles. The number of carbonyl (C=O) groups excluding carboxylic acids is 2. The summed E-state index contributed by atoms with van der Waals surface area (Å²) >= 11 is 0. The number of carboxylic acids is 2. The number of carboxylic acid groups (broad SMARTS) is 2. The number of esters is 2. The van der Waals surface area contributed by atoms with E-state index in [4.69, 9.17) is 28.4 Å². The molecule has 0 unspecified atom stereocenters. The van der Waals surface area contributed by atoms with Crippen molar-refractivity contribution >= 4 is 35.3 Å². The van der Waals surface area contributed by atoms with Crippen molar-refractivity contribution in [3.05, 3.63) is 48.5 Å². The van der Waals surface area contributed by atoms with E-state index in [1.807, 2.05) is 0 Å². The highest BCUT2D eigenvalue weighted by atomic mass is 16.6. The van der Waals surface area contributed by atoms with E-state index in [0.29, 0.717) is 36.1 Å². The third-order valence-corrected chi connectivity index (χ3v) is 13.6. The number of unbranched alkanes of at least 4 members (excludes halogenated alkanes) is 30. The van der Waals surface area contributed by atoms with Gasteiger partial charge >= 0.3 is 23.9 Å². The van der Waals surface area contributed by atoms with Crippen LogP contribution in [0.2, 0.25) is 0 Å². The SMILES string of the molecule is CCCCCCCCCCCCCCCCCCOCCOC(=O)CN(CC(=O)O)c1ccccc1OCCOc1ccccc1N(CC(=O)O)CC(=O)OCCOCCCCCCCCCCCCCCCCCC. The molecule has 0 aliphatic rings. The molecule has 0 amide bonds. The minimum Gasteiger partial charge on any atom is -0.488 e. The van der Waals surface area contributed by atoms with Crippen molar-refractivity contribution < 1.29 is 57.8 Å². The van der Waals surface area contributed by atoms with E-state index >= 15 is 0 Å². The Hall–Kier alpha value is -4.56. The normalized spacial score (nSPS) is 11.1. The van der Waals surface area contributed by atoms with Crippen LogP contribution in [0.5, 0.6) is 11.5 Å². The van der Waals surface area contributed by atoms with Crippen molar-refractivity contribution in [3.8, 4) is 11.5 Å². The van der Waals surface area contributed by atoms with Gasteiger partial charge in [-0.05, 0) is 37.1 Å². The van der Waals surface area contributed by atoms with Crippen LogP contribution in [-0.2, 0) is 38.1 Å². The summed E-state index contributed by atoms with van der Waals surface area (Å²) in [6, 6.07) is 13.6. The zero-order valence-corrected chi connectivity index (χ0v) is 47.6. The van der Waals surface area contributed by atoms with Gasteiger partial charge in [0.15, 0.2) is 0 Å². The molecule has 0 saturated carbocycles. The standard InChI is InChI=1S/C62H104N2O12/c1-3-5-7-9-11-13-15-17-19-21-23-25-27-29-31-37-43-71-45-47-75-61(69)53-63(51-59(65)66)55-39-33-35-41-57(55)73-49-50-74-58-42-36-34-40-56(58)64(52-60(67)68)54-62(70)76-48-46-72-44-38-32-30-28-26-24-22-20-18-16-14-12-10-8-6-4-2/h33-36,39-42H,3-32,37-38,43-54H2,1-2H3,(H,65,66)(H,67,68). The van der Waals surface area contributed by atoms with E-state index in [2.05, 4.69) is 13.8 Å². The number of benzene rings is 2. The van der Waals surface area contributed by atoms with Gasteiger partial charge in [-0.25, -0.2) is 0 Å². The molecule has 2 rings (SSSR count). The smallest absolute Gasteiger partial charge is 0.325 e. The highest BCUT2D eigenvalue weighted by molar-refractivity contribution is 5.82. The second-order valence-electron chi connectivity index (χ2n) is 20.4. The molecule has 0 saturated heterocycles. The minimum absolute atomic E-state index is 0.0217. The molecule has 0 aliphatic carbocycles. The summed E-state index contributed by atoms with van der Waals surface area (Å²) in [5.41, 5.74) is 0.775. The van der Waals surface area contributed by atoms with Crippen LogP contribution in [0.15, 0.2) is 48.5 Å². The number of hydrogen-bond acceptors (Lipinski definition) is 12. The molecule has 14 nitrogen and oxygen atoms in total. The lowest BCUT2D eigenvalue weighted by Gasteiger charge is -2.25. The van der Waals surface area contributed by atoms with Gasteiger partial charge in [-0.3, -0.25) is 19.2 Å². The molecule has 0 fully saturated rings. The van der Waals surface area contributed by atoms with Gasteiger partial charge in [0.05, 0.1) is 24.6 Å². The lowest BCUT2D eigenvalue weighted by molar-refractivity contribution is -0.144. The highest BCUT2D eigenvalue weighted by Gasteiger charge is 2.21. The minimum atomic E-state index is -1.13. The molecular formula is C62H104N2O12. The number of aliphatic carboxylic acids is 2.